The van der Waals surface area contributed by atoms with Gasteiger partial charge < -0.3 is 20.5 Å². The van der Waals surface area contributed by atoms with Crippen LogP contribution < -0.4 is 20.5 Å². The summed E-state index contributed by atoms with van der Waals surface area (Å²) in [5, 5.41) is 3.09. The van der Waals surface area contributed by atoms with Crippen LogP contribution in [0.15, 0.2) is 18.2 Å². The van der Waals surface area contributed by atoms with Crippen LogP contribution in [0.2, 0.25) is 0 Å². The topological polar surface area (TPSA) is 73.6 Å². The number of nitrogens with two attached hydrogens (primary N) is 1. The summed E-state index contributed by atoms with van der Waals surface area (Å²) in [5.41, 5.74) is 6.91. The molecule has 1 aromatic rings. The monoisotopic (exact) mass is 360 g/mol. The number of para-hydroxylation sites is 1. The van der Waals surface area contributed by atoms with Gasteiger partial charge in [-0.2, -0.15) is 0 Å². The van der Waals surface area contributed by atoms with E-state index in [9.17, 15) is 4.79 Å². The number of nitrogens with one attached hydrogen (secondary N) is 1. The standard InChI is InChI=1S/C21H32N2O3/c1-21(22)13-6-5-11-17(21)20(24)23-14-15-8-7-12-18(25-2)19(15)26-16-9-3-4-10-16/h7-8,12,16-17H,3-6,9-11,13-14,22H2,1-2H3,(H,23,24). The first kappa shape index (κ1) is 19.0. The molecule has 2 aliphatic rings. The fourth-order valence-corrected chi connectivity index (χ4v) is 4.26. The molecule has 0 radical (unpaired) electrons. The van der Waals surface area contributed by atoms with Crippen molar-refractivity contribution in [3.05, 3.63) is 23.8 Å². The van der Waals surface area contributed by atoms with Crippen LogP contribution in [-0.4, -0.2) is 24.7 Å². The molecule has 2 aliphatic carbocycles. The highest BCUT2D eigenvalue weighted by molar-refractivity contribution is 5.80. The Balaban J connectivity index is 1.69. The molecule has 3 N–H and O–H groups in total. The van der Waals surface area contributed by atoms with Gasteiger partial charge in [-0.05, 0) is 51.5 Å². The van der Waals surface area contributed by atoms with E-state index in [-0.39, 0.29) is 17.9 Å². The van der Waals surface area contributed by atoms with E-state index in [1.807, 2.05) is 25.1 Å². The van der Waals surface area contributed by atoms with Gasteiger partial charge in [0.2, 0.25) is 5.91 Å². The Hall–Kier alpha value is -1.75. The molecule has 0 saturated heterocycles. The Morgan fingerprint density at radius 2 is 1.96 bits per heavy atom. The minimum Gasteiger partial charge on any atom is -0.493 e. The van der Waals surface area contributed by atoms with E-state index in [0.29, 0.717) is 6.54 Å². The molecule has 2 atom stereocenters. The van der Waals surface area contributed by atoms with E-state index in [4.69, 9.17) is 15.2 Å². The van der Waals surface area contributed by atoms with E-state index >= 15 is 0 Å². The number of amides is 1. The van der Waals surface area contributed by atoms with Crippen LogP contribution in [0, 0.1) is 5.92 Å². The third-order valence-corrected chi connectivity index (χ3v) is 5.89. The highest BCUT2D eigenvalue weighted by atomic mass is 16.5. The molecule has 1 aromatic carbocycles. The first-order chi connectivity index (χ1) is 12.5. The molecule has 144 valence electrons. The second-order valence-corrected chi connectivity index (χ2v) is 7.99. The van der Waals surface area contributed by atoms with Gasteiger partial charge in [-0.3, -0.25) is 4.79 Å². The van der Waals surface area contributed by atoms with Crippen molar-refractivity contribution in [1.82, 2.24) is 5.32 Å². The van der Waals surface area contributed by atoms with Crippen LogP contribution in [0.1, 0.15) is 63.9 Å². The molecule has 5 nitrogen and oxygen atoms in total. The highest BCUT2D eigenvalue weighted by Crippen LogP contribution is 2.35. The summed E-state index contributed by atoms with van der Waals surface area (Å²) < 4.78 is 11.7. The highest BCUT2D eigenvalue weighted by Gasteiger charge is 2.37. The van der Waals surface area contributed by atoms with Gasteiger partial charge in [0, 0.05) is 17.6 Å². The second kappa shape index (κ2) is 8.30. The summed E-state index contributed by atoms with van der Waals surface area (Å²) in [6.07, 6.45) is 8.76. The van der Waals surface area contributed by atoms with Crippen molar-refractivity contribution >= 4 is 5.91 Å². The number of hydrogen-bond donors (Lipinski definition) is 2. The van der Waals surface area contributed by atoms with Crippen molar-refractivity contribution in [1.29, 1.82) is 0 Å². The van der Waals surface area contributed by atoms with Crippen molar-refractivity contribution in [2.75, 3.05) is 7.11 Å². The molecular weight excluding hydrogens is 328 g/mol. The molecule has 0 bridgehead atoms. The quantitative estimate of drug-likeness (QED) is 0.814. The van der Waals surface area contributed by atoms with Gasteiger partial charge in [0.05, 0.1) is 19.1 Å². The molecule has 1 amide bonds. The lowest BCUT2D eigenvalue weighted by atomic mass is 9.74. The van der Waals surface area contributed by atoms with Crippen LogP contribution in [0.4, 0.5) is 0 Å². The molecule has 5 heteroatoms. The Bertz CT molecular complexity index is 624. The minimum atomic E-state index is -0.417. The first-order valence-electron chi connectivity index (χ1n) is 9.90. The first-order valence-corrected chi connectivity index (χ1v) is 9.90. The van der Waals surface area contributed by atoms with E-state index in [0.717, 1.165) is 55.6 Å². The van der Waals surface area contributed by atoms with Gasteiger partial charge >= 0.3 is 0 Å². The van der Waals surface area contributed by atoms with Crippen LogP contribution in [0.25, 0.3) is 0 Å². The van der Waals surface area contributed by atoms with E-state index < -0.39 is 5.54 Å². The lowest BCUT2D eigenvalue weighted by molar-refractivity contribution is -0.128. The summed E-state index contributed by atoms with van der Waals surface area (Å²) in [7, 11) is 1.65. The number of carbonyl (C=O) groups excluding carboxylic acids is 1. The number of methoxy groups -OCH3 is 1. The number of carbonyl (C=O) groups is 1. The summed E-state index contributed by atoms with van der Waals surface area (Å²) in [5.74, 6) is 1.41. The third-order valence-electron chi connectivity index (χ3n) is 5.89. The van der Waals surface area contributed by atoms with E-state index in [2.05, 4.69) is 5.32 Å². The van der Waals surface area contributed by atoms with Crippen LogP contribution >= 0.6 is 0 Å². The molecule has 0 aliphatic heterocycles. The Morgan fingerprint density at radius 1 is 1.23 bits per heavy atom. The molecule has 2 saturated carbocycles. The summed E-state index contributed by atoms with van der Waals surface area (Å²) in [4.78, 5) is 12.7. The number of rotatable bonds is 6. The third kappa shape index (κ3) is 4.32. The van der Waals surface area contributed by atoms with Gasteiger partial charge in [-0.15, -0.1) is 0 Å². The van der Waals surface area contributed by atoms with Crippen molar-refractivity contribution in [3.63, 3.8) is 0 Å². The van der Waals surface area contributed by atoms with Crippen LogP contribution in [0.3, 0.4) is 0 Å². The zero-order valence-electron chi connectivity index (χ0n) is 16.1. The lowest BCUT2D eigenvalue weighted by Crippen LogP contribution is -2.52. The average Bonchev–Trinajstić information content (AvgIpc) is 3.13. The molecule has 2 fully saturated rings. The zero-order chi connectivity index (χ0) is 18.6. The van der Waals surface area contributed by atoms with Gasteiger partial charge in [0.1, 0.15) is 0 Å². The van der Waals surface area contributed by atoms with Crippen molar-refractivity contribution in [2.24, 2.45) is 11.7 Å². The molecule has 3 rings (SSSR count). The number of hydrogen-bond acceptors (Lipinski definition) is 4. The van der Waals surface area contributed by atoms with E-state index in [1.165, 1.54) is 12.8 Å². The smallest absolute Gasteiger partial charge is 0.225 e. The second-order valence-electron chi connectivity index (χ2n) is 7.99. The minimum absolute atomic E-state index is 0.0457. The van der Waals surface area contributed by atoms with Gasteiger partial charge in [0.15, 0.2) is 11.5 Å². The van der Waals surface area contributed by atoms with E-state index in [1.54, 1.807) is 7.11 Å². The van der Waals surface area contributed by atoms with Crippen molar-refractivity contribution in [3.8, 4) is 11.5 Å². The average molecular weight is 360 g/mol. The largest absolute Gasteiger partial charge is 0.493 e. The predicted octanol–water partition coefficient (Wildman–Crippen LogP) is 3.54. The Kier molecular flexibility index (Phi) is 6.07. The van der Waals surface area contributed by atoms with Crippen molar-refractivity contribution < 1.29 is 14.3 Å². The number of benzene rings is 1. The summed E-state index contributed by atoms with van der Waals surface area (Å²) >= 11 is 0. The van der Waals surface area contributed by atoms with Gasteiger partial charge in [-0.1, -0.05) is 25.0 Å². The maximum atomic E-state index is 12.7. The lowest BCUT2D eigenvalue weighted by Gasteiger charge is -2.37. The fourth-order valence-electron chi connectivity index (χ4n) is 4.26. The maximum Gasteiger partial charge on any atom is 0.225 e. The predicted molar refractivity (Wildman–Crippen MR) is 102 cm³/mol. The molecule has 2 unspecified atom stereocenters. The maximum absolute atomic E-state index is 12.7. The molecule has 0 heterocycles. The van der Waals surface area contributed by atoms with Crippen molar-refractivity contribution in [2.45, 2.75) is 76.5 Å². The molecule has 26 heavy (non-hydrogen) atoms. The summed E-state index contributed by atoms with van der Waals surface area (Å²) in [6.45, 7) is 2.43. The van der Waals surface area contributed by atoms with Gasteiger partial charge in [-0.25, -0.2) is 0 Å². The molecular formula is C21H32N2O3. The van der Waals surface area contributed by atoms with Crippen LogP contribution in [-0.2, 0) is 11.3 Å². The molecule has 0 aromatic heterocycles. The number of ether oxygens (including phenoxy) is 2. The Labute approximate surface area is 156 Å². The SMILES string of the molecule is COc1cccc(CNC(=O)C2CCCCC2(C)N)c1OC1CCCC1. The Morgan fingerprint density at radius 3 is 2.65 bits per heavy atom. The fraction of sp³-hybridized carbons (Fsp3) is 0.667. The zero-order valence-corrected chi connectivity index (χ0v) is 16.1. The summed E-state index contributed by atoms with van der Waals surface area (Å²) in [6, 6.07) is 5.85. The van der Waals surface area contributed by atoms with Gasteiger partial charge in [0.25, 0.3) is 0 Å². The normalized spacial score (nSPS) is 26.5. The molecule has 0 spiro atoms. The van der Waals surface area contributed by atoms with Crippen LogP contribution in [0.5, 0.6) is 11.5 Å².